The second-order valence-electron chi connectivity index (χ2n) is 4.96. The van der Waals surface area contributed by atoms with Crippen LogP contribution in [0.2, 0.25) is 0 Å². The normalized spacial score (nSPS) is 19.4. The molecule has 1 atom stereocenters. The number of allylic oxidation sites excluding steroid dienone is 1. The third kappa shape index (κ3) is 2.28. The standard InChI is InChI=1S/C15H22N2/c1-2-3-10-14(17-16)15(11-7-12-15)13-8-5-4-6-9-13/h2,4-6,8-9,14,17H,1,3,7,10-12,16H2. The fourth-order valence-corrected chi connectivity index (χ4v) is 2.97. The van der Waals surface area contributed by atoms with Crippen LogP contribution in [-0.4, -0.2) is 6.04 Å². The van der Waals surface area contributed by atoms with Crippen molar-refractivity contribution in [1.29, 1.82) is 0 Å². The van der Waals surface area contributed by atoms with Gasteiger partial charge in [-0.1, -0.05) is 42.8 Å². The van der Waals surface area contributed by atoms with E-state index >= 15 is 0 Å². The smallest absolute Gasteiger partial charge is 0.0310 e. The van der Waals surface area contributed by atoms with E-state index in [1.807, 2.05) is 6.08 Å². The van der Waals surface area contributed by atoms with Crippen molar-refractivity contribution in [2.45, 2.75) is 43.6 Å². The molecule has 2 rings (SSSR count). The van der Waals surface area contributed by atoms with E-state index in [0.717, 1.165) is 12.8 Å². The Bertz CT molecular complexity index is 354. The summed E-state index contributed by atoms with van der Waals surface area (Å²) in [7, 11) is 0. The molecular weight excluding hydrogens is 208 g/mol. The van der Waals surface area contributed by atoms with Crippen molar-refractivity contribution in [3.8, 4) is 0 Å². The Labute approximate surface area is 104 Å². The Hall–Kier alpha value is -1.12. The van der Waals surface area contributed by atoms with E-state index < -0.39 is 0 Å². The number of nitrogens with one attached hydrogen (secondary N) is 1. The summed E-state index contributed by atoms with van der Waals surface area (Å²) in [5, 5.41) is 0. The van der Waals surface area contributed by atoms with Crippen LogP contribution in [0.1, 0.15) is 37.7 Å². The first-order chi connectivity index (χ1) is 8.33. The molecule has 3 N–H and O–H groups in total. The summed E-state index contributed by atoms with van der Waals surface area (Å²) >= 11 is 0. The van der Waals surface area contributed by atoms with Gasteiger partial charge in [-0.3, -0.25) is 11.3 Å². The van der Waals surface area contributed by atoms with Gasteiger partial charge in [0.25, 0.3) is 0 Å². The molecule has 0 bridgehead atoms. The molecule has 1 saturated carbocycles. The van der Waals surface area contributed by atoms with E-state index in [2.05, 4.69) is 42.3 Å². The van der Waals surface area contributed by atoms with Gasteiger partial charge in [0.15, 0.2) is 0 Å². The maximum Gasteiger partial charge on any atom is 0.0310 e. The summed E-state index contributed by atoms with van der Waals surface area (Å²) in [4.78, 5) is 0. The van der Waals surface area contributed by atoms with Crippen molar-refractivity contribution in [1.82, 2.24) is 5.43 Å². The molecule has 0 amide bonds. The molecule has 0 heterocycles. The highest BCUT2D eigenvalue weighted by atomic mass is 15.2. The van der Waals surface area contributed by atoms with Gasteiger partial charge in [0, 0.05) is 11.5 Å². The summed E-state index contributed by atoms with van der Waals surface area (Å²) in [5.41, 5.74) is 4.71. The summed E-state index contributed by atoms with van der Waals surface area (Å²) in [5.74, 6) is 5.76. The number of nitrogens with two attached hydrogens (primary N) is 1. The van der Waals surface area contributed by atoms with E-state index in [1.54, 1.807) is 0 Å². The number of hydrogen-bond donors (Lipinski definition) is 2. The zero-order valence-corrected chi connectivity index (χ0v) is 10.4. The lowest BCUT2D eigenvalue weighted by atomic mass is 9.59. The minimum atomic E-state index is 0.249. The SMILES string of the molecule is C=CCCC(NN)C1(c2ccccc2)CCC1. The molecule has 1 fully saturated rings. The van der Waals surface area contributed by atoms with Gasteiger partial charge >= 0.3 is 0 Å². The molecule has 1 unspecified atom stereocenters. The number of benzene rings is 1. The minimum absolute atomic E-state index is 0.249. The minimum Gasteiger partial charge on any atom is -0.271 e. The number of hydrogen-bond acceptors (Lipinski definition) is 2. The molecule has 2 heteroatoms. The molecule has 0 radical (unpaired) electrons. The van der Waals surface area contributed by atoms with Crippen LogP contribution in [0.4, 0.5) is 0 Å². The Morgan fingerprint density at radius 3 is 2.53 bits per heavy atom. The van der Waals surface area contributed by atoms with Gasteiger partial charge in [0.2, 0.25) is 0 Å². The number of rotatable bonds is 6. The number of hydrazine groups is 1. The first kappa shape index (κ1) is 12.3. The van der Waals surface area contributed by atoms with Gasteiger partial charge in [-0.2, -0.15) is 0 Å². The molecule has 1 aliphatic rings. The Morgan fingerprint density at radius 1 is 1.35 bits per heavy atom. The molecular formula is C15H22N2. The van der Waals surface area contributed by atoms with Crippen LogP contribution < -0.4 is 11.3 Å². The first-order valence-electron chi connectivity index (χ1n) is 6.46. The van der Waals surface area contributed by atoms with Crippen molar-refractivity contribution >= 4 is 0 Å². The fourth-order valence-electron chi connectivity index (χ4n) is 2.97. The summed E-state index contributed by atoms with van der Waals surface area (Å²) < 4.78 is 0. The predicted octanol–water partition coefficient (Wildman–Crippen LogP) is 2.91. The average Bonchev–Trinajstić information content (AvgIpc) is 2.33. The molecule has 17 heavy (non-hydrogen) atoms. The lowest BCUT2D eigenvalue weighted by molar-refractivity contribution is 0.162. The van der Waals surface area contributed by atoms with E-state index in [9.17, 15) is 0 Å². The summed E-state index contributed by atoms with van der Waals surface area (Å²) in [6.45, 7) is 3.80. The van der Waals surface area contributed by atoms with E-state index in [0.29, 0.717) is 6.04 Å². The van der Waals surface area contributed by atoms with E-state index in [4.69, 9.17) is 5.84 Å². The summed E-state index contributed by atoms with van der Waals surface area (Å²) in [6.07, 6.45) is 7.84. The van der Waals surface area contributed by atoms with Gasteiger partial charge < -0.3 is 0 Å². The van der Waals surface area contributed by atoms with Crippen LogP contribution in [0.3, 0.4) is 0 Å². The van der Waals surface area contributed by atoms with Crippen LogP contribution in [0.15, 0.2) is 43.0 Å². The van der Waals surface area contributed by atoms with Crippen LogP contribution in [0.25, 0.3) is 0 Å². The van der Waals surface area contributed by atoms with Crippen molar-refractivity contribution in [3.63, 3.8) is 0 Å². The zero-order chi connectivity index (χ0) is 12.1. The molecule has 1 aromatic carbocycles. The van der Waals surface area contributed by atoms with Gasteiger partial charge in [0.05, 0.1) is 0 Å². The van der Waals surface area contributed by atoms with Crippen LogP contribution >= 0.6 is 0 Å². The third-order valence-corrected chi connectivity index (χ3v) is 4.12. The van der Waals surface area contributed by atoms with Crippen LogP contribution in [0, 0.1) is 0 Å². The second-order valence-corrected chi connectivity index (χ2v) is 4.96. The molecule has 0 aromatic heterocycles. The highest BCUT2D eigenvalue weighted by Crippen LogP contribution is 2.47. The van der Waals surface area contributed by atoms with Gasteiger partial charge in [-0.05, 0) is 31.2 Å². The van der Waals surface area contributed by atoms with Crippen molar-refractivity contribution in [2.75, 3.05) is 0 Å². The van der Waals surface area contributed by atoms with Crippen molar-refractivity contribution in [2.24, 2.45) is 5.84 Å². The first-order valence-corrected chi connectivity index (χ1v) is 6.46. The van der Waals surface area contributed by atoms with Crippen molar-refractivity contribution < 1.29 is 0 Å². The molecule has 0 aliphatic heterocycles. The monoisotopic (exact) mass is 230 g/mol. The van der Waals surface area contributed by atoms with E-state index in [1.165, 1.54) is 24.8 Å². The maximum atomic E-state index is 5.76. The largest absolute Gasteiger partial charge is 0.271 e. The van der Waals surface area contributed by atoms with Gasteiger partial charge in [-0.25, -0.2) is 0 Å². The lowest BCUT2D eigenvalue weighted by Crippen LogP contribution is -2.54. The highest BCUT2D eigenvalue weighted by molar-refractivity contribution is 5.30. The fraction of sp³-hybridized carbons (Fsp3) is 0.467. The molecule has 2 nitrogen and oxygen atoms in total. The predicted molar refractivity (Wildman–Crippen MR) is 72.5 cm³/mol. The molecule has 0 spiro atoms. The topological polar surface area (TPSA) is 38.0 Å². The lowest BCUT2D eigenvalue weighted by Gasteiger charge is -2.48. The second kappa shape index (κ2) is 5.48. The zero-order valence-electron chi connectivity index (χ0n) is 10.4. The average molecular weight is 230 g/mol. The molecule has 0 saturated heterocycles. The Kier molecular flexibility index (Phi) is 3.97. The summed E-state index contributed by atoms with van der Waals surface area (Å²) in [6, 6.07) is 11.1. The van der Waals surface area contributed by atoms with Crippen molar-refractivity contribution in [3.05, 3.63) is 48.6 Å². The molecule has 1 aromatic rings. The molecule has 92 valence electrons. The Balaban J connectivity index is 2.20. The Morgan fingerprint density at radius 2 is 2.06 bits per heavy atom. The molecule has 1 aliphatic carbocycles. The maximum absolute atomic E-state index is 5.76. The third-order valence-electron chi connectivity index (χ3n) is 4.12. The van der Waals surface area contributed by atoms with Gasteiger partial charge in [0.1, 0.15) is 0 Å². The van der Waals surface area contributed by atoms with Gasteiger partial charge in [-0.15, -0.1) is 6.58 Å². The van der Waals surface area contributed by atoms with Crippen LogP contribution in [0.5, 0.6) is 0 Å². The van der Waals surface area contributed by atoms with Crippen LogP contribution in [-0.2, 0) is 5.41 Å². The van der Waals surface area contributed by atoms with E-state index in [-0.39, 0.29) is 5.41 Å². The quantitative estimate of drug-likeness (QED) is 0.448. The highest BCUT2D eigenvalue weighted by Gasteiger charge is 2.44.